The fourth-order valence-corrected chi connectivity index (χ4v) is 1.05. The summed E-state index contributed by atoms with van der Waals surface area (Å²) in [6.07, 6.45) is 2.04. The number of aryl methyl sites for hydroxylation is 1. The minimum Gasteiger partial charge on any atom is -0.508 e. The second-order valence-electron chi connectivity index (χ2n) is 3.27. The van der Waals surface area contributed by atoms with Gasteiger partial charge in [0.2, 0.25) is 0 Å². The van der Waals surface area contributed by atoms with Gasteiger partial charge in [-0.2, -0.15) is 0 Å². The predicted molar refractivity (Wildman–Crippen MR) is 52.2 cm³/mol. The molecule has 0 bridgehead atoms. The van der Waals surface area contributed by atoms with Gasteiger partial charge in [0, 0.05) is 0 Å². The van der Waals surface area contributed by atoms with Crippen molar-refractivity contribution in [3.05, 3.63) is 34.9 Å². The maximum Gasteiger partial charge on any atom is 0.119 e. The molecule has 0 saturated carbocycles. The monoisotopic (exact) mass is 162 g/mol. The summed E-state index contributed by atoms with van der Waals surface area (Å²) in [6.45, 7) is 5.97. The summed E-state index contributed by atoms with van der Waals surface area (Å²) in [5.41, 5.74) is 3.21. The number of allylic oxidation sites excluding steroid dienone is 1. The fraction of sp³-hybridized carbons (Fsp3) is 0.273. The van der Waals surface area contributed by atoms with Gasteiger partial charge >= 0.3 is 0 Å². The Kier molecular flexibility index (Phi) is 2.54. The van der Waals surface area contributed by atoms with Gasteiger partial charge in [-0.25, -0.2) is 0 Å². The second kappa shape index (κ2) is 3.44. The summed E-state index contributed by atoms with van der Waals surface area (Å²) in [5.74, 6) is 0.366. The Balaban J connectivity index is 3.05. The van der Waals surface area contributed by atoms with Crippen molar-refractivity contribution in [2.45, 2.75) is 20.8 Å². The topological polar surface area (TPSA) is 20.2 Å². The molecule has 0 atom stereocenters. The van der Waals surface area contributed by atoms with Crippen LogP contribution in [0.2, 0.25) is 0 Å². The van der Waals surface area contributed by atoms with E-state index in [-0.39, 0.29) is 0 Å². The quantitative estimate of drug-likeness (QED) is 0.672. The smallest absolute Gasteiger partial charge is 0.119 e. The van der Waals surface area contributed by atoms with Crippen molar-refractivity contribution in [1.29, 1.82) is 0 Å². The number of benzene rings is 1. The van der Waals surface area contributed by atoms with Crippen LogP contribution in [0.25, 0.3) is 6.08 Å². The van der Waals surface area contributed by atoms with Gasteiger partial charge in [-0.05, 0) is 38.0 Å². The highest BCUT2D eigenvalue weighted by Gasteiger charge is 1.94. The maximum atomic E-state index is 9.38. The van der Waals surface area contributed by atoms with E-state index < -0.39 is 0 Å². The largest absolute Gasteiger partial charge is 0.508 e. The van der Waals surface area contributed by atoms with Crippen molar-refractivity contribution in [3.63, 3.8) is 0 Å². The van der Waals surface area contributed by atoms with Crippen molar-refractivity contribution in [2.24, 2.45) is 0 Å². The molecule has 1 rings (SSSR count). The lowest BCUT2D eigenvalue weighted by Gasteiger charge is -1.99. The van der Waals surface area contributed by atoms with Gasteiger partial charge in [-0.15, -0.1) is 0 Å². The number of phenols is 1. The third kappa shape index (κ3) is 2.12. The third-order valence-electron chi connectivity index (χ3n) is 1.69. The molecule has 0 unspecified atom stereocenters. The van der Waals surface area contributed by atoms with E-state index in [1.807, 2.05) is 39.0 Å². The number of hydrogen-bond donors (Lipinski definition) is 1. The summed E-state index contributed by atoms with van der Waals surface area (Å²) in [7, 11) is 0. The van der Waals surface area contributed by atoms with Crippen LogP contribution in [-0.2, 0) is 0 Å². The van der Waals surface area contributed by atoms with Crippen LogP contribution >= 0.6 is 0 Å². The normalized spacial score (nSPS) is 9.58. The molecular weight excluding hydrogens is 148 g/mol. The molecule has 0 aliphatic rings. The maximum absolute atomic E-state index is 9.38. The first kappa shape index (κ1) is 8.85. The Morgan fingerprint density at radius 2 is 2.00 bits per heavy atom. The van der Waals surface area contributed by atoms with Crippen LogP contribution in [-0.4, -0.2) is 5.11 Å². The SMILES string of the molecule is CC(C)=Cc1ccc(C)c(O)c1. The minimum absolute atomic E-state index is 0.366. The van der Waals surface area contributed by atoms with Crippen molar-refractivity contribution in [3.8, 4) is 5.75 Å². The average Bonchev–Trinajstić information content (AvgIpc) is 1.96. The van der Waals surface area contributed by atoms with E-state index in [4.69, 9.17) is 0 Å². The van der Waals surface area contributed by atoms with Crippen LogP contribution in [0.1, 0.15) is 25.0 Å². The number of phenolic OH excluding ortho intramolecular Hbond substituents is 1. The zero-order chi connectivity index (χ0) is 9.14. The average molecular weight is 162 g/mol. The van der Waals surface area contributed by atoms with Crippen molar-refractivity contribution < 1.29 is 5.11 Å². The molecule has 1 N–H and O–H groups in total. The lowest BCUT2D eigenvalue weighted by atomic mass is 10.1. The molecule has 0 spiro atoms. The Labute approximate surface area is 73.4 Å². The van der Waals surface area contributed by atoms with E-state index in [2.05, 4.69) is 0 Å². The molecule has 0 aliphatic carbocycles. The van der Waals surface area contributed by atoms with Crippen LogP contribution in [0, 0.1) is 6.92 Å². The standard InChI is InChI=1S/C11H14O/c1-8(2)6-10-5-4-9(3)11(12)7-10/h4-7,12H,1-3H3. The fourth-order valence-electron chi connectivity index (χ4n) is 1.05. The second-order valence-corrected chi connectivity index (χ2v) is 3.27. The molecule has 64 valence electrons. The molecule has 0 aromatic heterocycles. The molecule has 0 heterocycles. The first-order valence-electron chi connectivity index (χ1n) is 4.04. The molecule has 1 aromatic rings. The Bertz CT molecular complexity index is 307. The molecule has 12 heavy (non-hydrogen) atoms. The molecule has 1 aromatic carbocycles. The molecule has 0 saturated heterocycles. The molecular formula is C11H14O. The Morgan fingerprint density at radius 1 is 1.33 bits per heavy atom. The van der Waals surface area contributed by atoms with Gasteiger partial charge in [0.05, 0.1) is 0 Å². The van der Waals surface area contributed by atoms with Crippen LogP contribution in [0.3, 0.4) is 0 Å². The first-order chi connectivity index (χ1) is 5.59. The molecule has 1 heteroatoms. The highest BCUT2D eigenvalue weighted by molar-refractivity contribution is 5.55. The zero-order valence-electron chi connectivity index (χ0n) is 7.76. The van der Waals surface area contributed by atoms with Gasteiger partial charge in [0.25, 0.3) is 0 Å². The Morgan fingerprint density at radius 3 is 2.50 bits per heavy atom. The highest BCUT2D eigenvalue weighted by Crippen LogP contribution is 2.18. The lowest BCUT2D eigenvalue weighted by Crippen LogP contribution is -1.77. The predicted octanol–water partition coefficient (Wildman–Crippen LogP) is 3.12. The Hall–Kier alpha value is -1.24. The van der Waals surface area contributed by atoms with E-state index in [9.17, 15) is 5.11 Å². The summed E-state index contributed by atoms with van der Waals surface area (Å²) >= 11 is 0. The minimum atomic E-state index is 0.366. The number of rotatable bonds is 1. The van der Waals surface area contributed by atoms with E-state index >= 15 is 0 Å². The molecule has 0 aliphatic heterocycles. The molecule has 0 radical (unpaired) electrons. The molecule has 0 fully saturated rings. The van der Waals surface area contributed by atoms with Gasteiger partial charge < -0.3 is 5.11 Å². The third-order valence-corrected chi connectivity index (χ3v) is 1.69. The first-order valence-corrected chi connectivity index (χ1v) is 4.04. The summed E-state index contributed by atoms with van der Waals surface area (Å²) < 4.78 is 0. The van der Waals surface area contributed by atoms with E-state index in [0.717, 1.165) is 11.1 Å². The number of aromatic hydroxyl groups is 1. The van der Waals surface area contributed by atoms with E-state index in [1.165, 1.54) is 5.57 Å². The lowest BCUT2D eigenvalue weighted by molar-refractivity contribution is 0.471. The highest BCUT2D eigenvalue weighted by atomic mass is 16.3. The van der Waals surface area contributed by atoms with Gasteiger partial charge in [-0.3, -0.25) is 0 Å². The van der Waals surface area contributed by atoms with Crippen molar-refractivity contribution in [1.82, 2.24) is 0 Å². The molecule has 1 nitrogen and oxygen atoms in total. The van der Waals surface area contributed by atoms with Crippen LogP contribution in [0.4, 0.5) is 0 Å². The summed E-state index contributed by atoms with van der Waals surface area (Å²) in [6, 6.07) is 5.70. The summed E-state index contributed by atoms with van der Waals surface area (Å²) in [4.78, 5) is 0. The van der Waals surface area contributed by atoms with Crippen molar-refractivity contribution >= 4 is 6.08 Å². The summed E-state index contributed by atoms with van der Waals surface area (Å²) in [5, 5.41) is 9.38. The van der Waals surface area contributed by atoms with E-state index in [0.29, 0.717) is 5.75 Å². The van der Waals surface area contributed by atoms with Gasteiger partial charge in [-0.1, -0.05) is 23.8 Å². The van der Waals surface area contributed by atoms with E-state index in [1.54, 1.807) is 6.07 Å². The molecule has 0 amide bonds. The van der Waals surface area contributed by atoms with Crippen LogP contribution in [0.5, 0.6) is 5.75 Å². The van der Waals surface area contributed by atoms with Gasteiger partial charge in [0.1, 0.15) is 5.75 Å². The van der Waals surface area contributed by atoms with Gasteiger partial charge in [0.15, 0.2) is 0 Å². The number of hydrogen-bond acceptors (Lipinski definition) is 1. The van der Waals surface area contributed by atoms with Crippen molar-refractivity contribution in [2.75, 3.05) is 0 Å². The van der Waals surface area contributed by atoms with Crippen LogP contribution < -0.4 is 0 Å². The zero-order valence-corrected chi connectivity index (χ0v) is 7.76. The van der Waals surface area contributed by atoms with Crippen LogP contribution in [0.15, 0.2) is 23.8 Å².